The monoisotopic (exact) mass is 509 g/mol. The van der Waals surface area contributed by atoms with Gasteiger partial charge >= 0.3 is 0 Å². The molecule has 2 unspecified atom stereocenters. The summed E-state index contributed by atoms with van der Waals surface area (Å²) in [6.07, 6.45) is 15.6. The molecule has 3 fully saturated rings. The van der Waals surface area contributed by atoms with Crippen LogP contribution in [0, 0.1) is 31.6 Å². The van der Waals surface area contributed by atoms with Crippen molar-refractivity contribution in [3.63, 3.8) is 0 Å². The van der Waals surface area contributed by atoms with Gasteiger partial charge in [-0.2, -0.15) is 0 Å². The molecule has 8 nitrogen and oxygen atoms in total. The second kappa shape index (κ2) is 12.0. The highest BCUT2D eigenvalue weighted by atomic mass is 16.5. The molecule has 0 spiro atoms. The number of piperidine rings is 1. The predicted octanol–water partition coefficient (Wildman–Crippen LogP) is 3.66. The van der Waals surface area contributed by atoms with Crippen molar-refractivity contribution in [1.29, 1.82) is 0 Å². The molecule has 0 aromatic carbocycles. The van der Waals surface area contributed by atoms with Crippen molar-refractivity contribution in [1.82, 2.24) is 20.2 Å². The van der Waals surface area contributed by atoms with Crippen molar-refractivity contribution >= 4 is 11.7 Å². The first-order valence-electron chi connectivity index (χ1n) is 14.1. The first-order chi connectivity index (χ1) is 18.0. The number of aryl methyl sites for hydroxylation is 1. The lowest BCUT2D eigenvalue weighted by Crippen LogP contribution is -2.54. The van der Waals surface area contributed by atoms with Gasteiger partial charge in [-0.15, -0.1) is 0 Å². The molecule has 8 heteroatoms. The maximum atomic E-state index is 13.5. The number of hydrogen-bond donors (Lipinski definition) is 2. The molecule has 1 amide bonds. The van der Waals surface area contributed by atoms with E-state index in [9.17, 15) is 4.79 Å². The number of aromatic nitrogens is 2. The largest absolute Gasteiger partial charge is 0.379 e. The van der Waals surface area contributed by atoms with Gasteiger partial charge in [0.1, 0.15) is 17.3 Å². The summed E-state index contributed by atoms with van der Waals surface area (Å²) in [6, 6.07) is 0.704. The Kier molecular flexibility index (Phi) is 8.57. The third kappa shape index (κ3) is 6.24. The van der Waals surface area contributed by atoms with Crippen LogP contribution in [-0.4, -0.2) is 78.9 Å². The van der Waals surface area contributed by atoms with E-state index in [1.165, 1.54) is 19.3 Å². The summed E-state index contributed by atoms with van der Waals surface area (Å²) in [7, 11) is 1.75. The highest BCUT2D eigenvalue weighted by molar-refractivity contribution is 5.94. The van der Waals surface area contributed by atoms with E-state index in [4.69, 9.17) is 9.47 Å². The number of likely N-dealkylation sites (tertiary alicyclic amines) is 1. The zero-order valence-corrected chi connectivity index (χ0v) is 22.6. The second-order valence-electron chi connectivity index (χ2n) is 11.3. The van der Waals surface area contributed by atoms with Gasteiger partial charge in [-0.05, 0) is 70.1 Å². The summed E-state index contributed by atoms with van der Waals surface area (Å²) in [5.41, 5.74) is 1.40. The summed E-state index contributed by atoms with van der Waals surface area (Å²) in [5, 5.41) is 7.32. The smallest absolute Gasteiger partial charge is 0.272 e. The Morgan fingerprint density at radius 2 is 1.97 bits per heavy atom. The molecule has 202 valence electrons. The zero-order valence-electron chi connectivity index (χ0n) is 22.6. The number of carbonyl (C=O) groups excluding carboxylic acids is 1. The van der Waals surface area contributed by atoms with Crippen LogP contribution in [0.1, 0.15) is 60.4 Å². The summed E-state index contributed by atoms with van der Waals surface area (Å²) < 4.78 is 11.1. The number of ether oxygens (including phenoxy) is 2. The molecule has 3 atom stereocenters. The Balaban J connectivity index is 1.12. The number of hydrogen-bond acceptors (Lipinski definition) is 7. The number of amides is 1. The third-order valence-corrected chi connectivity index (χ3v) is 8.75. The Hall–Kier alpha value is -2.29. The van der Waals surface area contributed by atoms with Crippen LogP contribution in [0.25, 0.3) is 0 Å². The first kappa shape index (κ1) is 26.3. The molecule has 2 aliphatic heterocycles. The van der Waals surface area contributed by atoms with E-state index in [1.54, 1.807) is 7.11 Å². The molecule has 3 heterocycles. The minimum atomic E-state index is 0.0196. The molecule has 0 radical (unpaired) electrons. The Morgan fingerprint density at radius 3 is 2.70 bits per heavy atom. The molecule has 0 bridgehead atoms. The van der Waals surface area contributed by atoms with Crippen LogP contribution in [0.15, 0.2) is 24.3 Å². The van der Waals surface area contributed by atoms with Crippen molar-refractivity contribution in [2.24, 2.45) is 17.8 Å². The molecule has 2 saturated heterocycles. The summed E-state index contributed by atoms with van der Waals surface area (Å²) in [6.45, 7) is 7.63. The van der Waals surface area contributed by atoms with Gasteiger partial charge in [-0.25, -0.2) is 9.97 Å². The lowest BCUT2D eigenvalue weighted by atomic mass is 9.67. The molecule has 1 saturated carbocycles. The van der Waals surface area contributed by atoms with Crippen molar-refractivity contribution < 1.29 is 14.3 Å². The van der Waals surface area contributed by atoms with Crippen LogP contribution in [0.5, 0.6) is 0 Å². The highest BCUT2D eigenvalue weighted by Crippen LogP contribution is 2.41. The van der Waals surface area contributed by atoms with E-state index < -0.39 is 0 Å². The van der Waals surface area contributed by atoms with Crippen LogP contribution >= 0.6 is 0 Å². The fourth-order valence-electron chi connectivity index (χ4n) is 6.34. The maximum absolute atomic E-state index is 13.5. The van der Waals surface area contributed by atoms with Crippen LogP contribution in [0.4, 0.5) is 5.82 Å². The first-order valence-corrected chi connectivity index (χ1v) is 14.1. The molecule has 1 aromatic rings. The number of anilines is 1. The van der Waals surface area contributed by atoms with Gasteiger partial charge < -0.3 is 25.0 Å². The number of nitrogens with zero attached hydrogens (tertiary/aromatic N) is 3. The number of methoxy groups -OCH3 is 1. The molecular formula is C29H43N5O3. The number of nitrogens with one attached hydrogen (secondary N) is 2. The van der Waals surface area contributed by atoms with E-state index in [0.717, 1.165) is 62.8 Å². The Labute approximate surface area is 221 Å². The lowest BCUT2D eigenvalue weighted by Gasteiger charge is -2.40. The van der Waals surface area contributed by atoms with Crippen LogP contribution < -0.4 is 10.6 Å². The minimum Gasteiger partial charge on any atom is -0.379 e. The Morgan fingerprint density at radius 1 is 1.16 bits per heavy atom. The molecule has 1 aromatic heterocycles. The van der Waals surface area contributed by atoms with Crippen molar-refractivity contribution in [3.05, 3.63) is 41.4 Å². The van der Waals surface area contributed by atoms with Crippen LogP contribution in [0.2, 0.25) is 0 Å². The van der Waals surface area contributed by atoms with Crippen LogP contribution in [0.3, 0.4) is 0 Å². The highest BCUT2D eigenvalue weighted by Gasteiger charge is 2.34. The van der Waals surface area contributed by atoms with Gasteiger partial charge in [0.15, 0.2) is 0 Å². The van der Waals surface area contributed by atoms with Crippen molar-refractivity contribution in [2.45, 2.75) is 70.6 Å². The molecule has 5 rings (SSSR count). The summed E-state index contributed by atoms with van der Waals surface area (Å²) in [5.74, 6) is 3.63. The maximum Gasteiger partial charge on any atom is 0.272 e. The molecule has 4 aliphatic rings. The number of carbonyl (C=O) groups is 1. The lowest BCUT2D eigenvalue weighted by molar-refractivity contribution is -0.0533. The number of rotatable bonds is 8. The molecule has 2 aliphatic carbocycles. The zero-order chi connectivity index (χ0) is 25.8. The van der Waals surface area contributed by atoms with E-state index in [-0.39, 0.29) is 12.0 Å². The second-order valence-corrected chi connectivity index (χ2v) is 11.3. The topological polar surface area (TPSA) is 88.6 Å². The van der Waals surface area contributed by atoms with Gasteiger partial charge in [0.05, 0.1) is 12.7 Å². The fourth-order valence-corrected chi connectivity index (χ4v) is 6.34. The minimum absolute atomic E-state index is 0.0196. The average molecular weight is 510 g/mol. The predicted molar refractivity (Wildman–Crippen MR) is 145 cm³/mol. The van der Waals surface area contributed by atoms with Crippen molar-refractivity contribution in [3.8, 4) is 0 Å². The van der Waals surface area contributed by atoms with Gasteiger partial charge in [-0.1, -0.05) is 24.3 Å². The van der Waals surface area contributed by atoms with Crippen LogP contribution in [-0.2, 0) is 9.47 Å². The van der Waals surface area contributed by atoms with Gasteiger partial charge in [0.25, 0.3) is 5.91 Å². The van der Waals surface area contributed by atoms with E-state index in [2.05, 4.69) is 44.9 Å². The Bertz CT molecular complexity index is 998. The van der Waals surface area contributed by atoms with E-state index in [1.807, 2.05) is 18.7 Å². The average Bonchev–Trinajstić information content (AvgIpc) is 2.90. The fraction of sp³-hybridized carbons (Fsp3) is 0.690. The van der Waals surface area contributed by atoms with E-state index in [0.29, 0.717) is 42.0 Å². The summed E-state index contributed by atoms with van der Waals surface area (Å²) >= 11 is 0. The standard InChI is InChI=1S/C29H43N5O3/c1-19-27(29(35)34-12-9-24(10-13-34)33-25-11-14-37-18-26(25)36-3)31-20(2)32-28(19)30-17-21-15-23(16-21)22-7-5-4-6-8-22/h4-7,21-26,33H,8-18H2,1-3H3,(H,30,31,32)/t21?,22?,23?,25?,26-/m1/s1. The van der Waals surface area contributed by atoms with Gasteiger partial charge in [-0.3, -0.25) is 4.79 Å². The van der Waals surface area contributed by atoms with Gasteiger partial charge in [0, 0.05) is 51.0 Å². The summed E-state index contributed by atoms with van der Waals surface area (Å²) in [4.78, 5) is 24.7. The molecule has 2 N–H and O–H groups in total. The third-order valence-electron chi connectivity index (χ3n) is 8.75. The normalized spacial score (nSPS) is 30.2. The molecule has 37 heavy (non-hydrogen) atoms. The SMILES string of the molecule is CO[C@@H]1COCCC1NC1CCN(C(=O)c2nc(C)nc(NCC3CC(C4C=CC=CC4)C3)c2C)CC1. The van der Waals surface area contributed by atoms with E-state index >= 15 is 0 Å². The molecular weight excluding hydrogens is 466 g/mol. The number of allylic oxidation sites excluding steroid dienone is 4. The van der Waals surface area contributed by atoms with Crippen molar-refractivity contribution in [2.75, 3.05) is 45.3 Å². The quantitative estimate of drug-likeness (QED) is 0.553. The van der Waals surface area contributed by atoms with Gasteiger partial charge in [0.2, 0.25) is 0 Å².